The zero-order chi connectivity index (χ0) is 24.8. The first-order valence-corrected chi connectivity index (χ1v) is 10.7. The second kappa shape index (κ2) is 11.4. The van der Waals surface area contributed by atoms with Gasteiger partial charge in [-0.3, -0.25) is 9.59 Å². The number of nitrogens with zero attached hydrogens (tertiary/aromatic N) is 1. The molecule has 182 valence electrons. The first-order valence-electron chi connectivity index (χ1n) is 10.7. The van der Waals surface area contributed by atoms with E-state index in [2.05, 4.69) is 11.9 Å². The molecule has 33 heavy (non-hydrogen) atoms. The number of allylic oxidation sites excluding steroid dienone is 1. The fourth-order valence-electron chi connectivity index (χ4n) is 3.31. The van der Waals surface area contributed by atoms with Crippen LogP contribution in [0.1, 0.15) is 20.8 Å². The van der Waals surface area contributed by atoms with E-state index in [1.165, 1.54) is 18.1 Å². The topological polar surface area (TPSA) is 129 Å². The van der Waals surface area contributed by atoms with Crippen molar-refractivity contribution in [3.05, 3.63) is 49.1 Å². The van der Waals surface area contributed by atoms with Gasteiger partial charge in [-0.25, -0.2) is 0 Å². The number of amides is 2. The predicted molar refractivity (Wildman–Crippen MR) is 124 cm³/mol. The lowest BCUT2D eigenvalue weighted by Crippen LogP contribution is -2.57. The third-order valence-electron chi connectivity index (χ3n) is 5.07. The summed E-state index contributed by atoms with van der Waals surface area (Å²) in [4.78, 5) is 27.4. The van der Waals surface area contributed by atoms with Crippen molar-refractivity contribution >= 4 is 17.5 Å². The quantitative estimate of drug-likeness (QED) is 0.399. The molecule has 0 fully saturated rings. The first-order chi connectivity index (χ1) is 15.5. The van der Waals surface area contributed by atoms with E-state index < -0.39 is 42.3 Å². The van der Waals surface area contributed by atoms with Gasteiger partial charge in [0.05, 0.1) is 5.69 Å². The minimum atomic E-state index is -1.75. The minimum Gasteiger partial charge on any atom is -0.489 e. The molecule has 1 aliphatic heterocycles. The van der Waals surface area contributed by atoms with E-state index in [4.69, 9.17) is 9.47 Å². The minimum absolute atomic E-state index is 0.138. The summed E-state index contributed by atoms with van der Waals surface area (Å²) in [5.74, 6) is -0.772. The number of carbonyl (C=O) groups is 2. The van der Waals surface area contributed by atoms with Gasteiger partial charge in [0.2, 0.25) is 0 Å². The molecule has 1 aromatic carbocycles. The molecule has 0 aliphatic carbocycles. The highest BCUT2D eigenvalue weighted by Gasteiger charge is 2.38. The summed E-state index contributed by atoms with van der Waals surface area (Å²) in [6.07, 6.45) is -1.81. The molecule has 1 aliphatic rings. The van der Waals surface area contributed by atoms with E-state index in [0.29, 0.717) is 11.4 Å². The van der Waals surface area contributed by atoms with Crippen LogP contribution in [0.25, 0.3) is 0 Å². The van der Waals surface area contributed by atoms with E-state index in [1.54, 1.807) is 36.4 Å². The number of aliphatic hydroxyl groups is 3. The van der Waals surface area contributed by atoms with Gasteiger partial charge >= 0.3 is 0 Å². The lowest BCUT2D eigenvalue weighted by molar-refractivity contribution is -0.150. The average molecular weight is 463 g/mol. The fraction of sp³-hybridized carbons (Fsp3) is 0.500. The SMILES string of the molecule is C=CCN1C(=O)C(NC(=O)[C@H](OC)[C@H](O)[C@@H](O)[C@H](O)C=CC(C)(C)C)COc2ccccc21. The second-order valence-corrected chi connectivity index (χ2v) is 8.93. The standard InChI is InChI=1S/C24H34N2O7/c1-6-13-26-16-9-7-8-10-18(16)33-14-15(23(26)31)25-22(30)21(32-5)20(29)19(28)17(27)11-12-24(2,3)4/h6-12,15,17,19-21,27-29H,1,13-14H2,2-5H3,(H,25,30)/t15?,17-,19+,20-,21-/m1/s1. The molecule has 0 radical (unpaired) electrons. The fourth-order valence-corrected chi connectivity index (χ4v) is 3.31. The van der Waals surface area contributed by atoms with Gasteiger partial charge in [0.1, 0.15) is 36.7 Å². The Labute approximate surface area is 194 Å². The third-order valence-corrected chi connectivity index (χ3v) is 5.07. The lowest BCUT2D eigenvalue weighted by Gasteiger charge is -2.29. The van der Waals surface area contributed by atoms with Crippen molar-refractivity contribution in [1.29, 1.82) is 0 Å². The first kappa shape index (κ1) is 26.5. The number of hydrogen-bond acceptors (Lipinski definition) is 7. The smallest absolute Gasteiger partial charge is 0.253 e. The molecule has 5 atom stereocenters. The Bertz CT molecular complexity index is 865. The maximum atomic E-state index is 13.1. The molecule has 1 aromatic rings. The highest BCUT2D eigenvalue weighted by molar-refractivity contribution is 6.01. The molecule has 1 heterocycles. The summed E-state index contributed by atoms with van der Waals surface area (Å²) in [5.41, 5.74) is 0.296. The number of anilines is 1. The van der Waals surface area contributed by atoms with Crippen LogP contribution in [0.3, 0.4) is 0 Å². The number of nitrogens with one attached hydrogen (secondary N) is 1. The molecule has 9 heteroatoms. The number of methoxy groups -OCH3 is 1. The number of benzene rings is 1. The Balaban J connectivity index is 2.15. The van der Waals surface area contributed by atoms with Crippen molar-refractivity contribution in [1.82, 2.24) is 5.32 Å². The number of aliphatic hydroxyl groups excluding tert-OH is 3. The zero-order valence-electron chi connectivity index (χ0n) is 19.5. The number of carbonyl (C=O) groups excluding carboxylic acids is 2. The van der Waals surface area contributed by atoms with Crippen LogP contribution in [0.2, 0.25) is 0 Å². The number of fused-ring (bicyclic) bond motifs is 1. The number of ether oxygens (including phenoxy) is 2. The monoisotopic (exact) mass is 462 g/mol. The Hall–Kier alpha value is -2.72. The normalized spacial score (nSPS) is 20.3. The molecular weight excluding hydrogens is 428 g/mol. The summed E-state index contributed by atoms with van der Waals surface area (Å²) >= 11 is 0. The summed E-state index contributed by atoms with van der Waals surface area (Å²) in [5, 5.41) is 33.6. The maximum absolute atomic E-state index is 13.1. The van der Waals surface area contributed by atoms with Crippen LogP contribution in [-0.4, -0.2) is 77.9 Å². The average Bonchev–Trinajstić information content (AvgIpc) is 2.89. The molecule has 2 rings (SSSR count). The summed E-state index contributed by atoms with van der Waals surface area (Å²) in [6.45, 7) is 9.46. The van der Waals surface area contributed by atoms with Gasteiger partial charge in [-0.1, -0.05) is 51.1 Å². The molecule has 1 unspecified atom stereocenters. The molecule has 0 saturated carbocycles. The number of rotatable bonds is 9. The molecule has 0 saturated heterocycles. The van der Waals surface area contributed by atoms with Crippen molar-refractivity contribution in [3.8, 4) is 5.75 Å². The van der Waals surface area contributed by atoms with Gasteiger partial charge < -0.3 is 35.0 Å². The van der Waals surface area contributed by atoms with Gasteiger partial charge in [-0.15, -0.1) is 6.58 Å². The van der Waals surface area contributed by atoms with E-state index in [9.17, 15) is 24.9 Å². The van der Waals surface area contributed by atoms with Crippen LogP contribution in [0.5, 0.6) is 5.75 Å². The second-order valence-electron chi connectivity index (χ2n) is 8.93. The molecule has 0 spiro atoms. The van der Waals surface area contributed by atoms with Gasteiger partial charge in [0.15, 0.2) is 6.10 Å². The molecule has 4 N–H and O–H groups in total. The van der Waals surface area contributed by atoms with Crippen molar-refractivity contribution < 1.29 is 34.4 Å². The predicted octanol–water partition coefficient (Wildman–Crippen LogP) is 0.783. The summed E-state index contributed by atoms with van der Waals surface area (Å²) in [6, 6.07) is 5.91. The Morgan fingerprint density at radius 1 is 1.30 bits per heavy atom. The lowest BCUT2D eigenvalue weighted by atomic mass is 9.94. The van der Waals surface area contributed by atoms with Crippen LogP contribution in [0.4, 0.5) is 5.69 Å². The largest absolute Gasteiger partial charge is 0.489 e. The van der Waals surface area contributed by atoms with E-state index >= 15 is 0 Å². The van der Waals surface area contributed by atoms with Gasteiger partial charge in [-0.05, 0) is 17.5 Å². The Morgan fingerprint density at radius 3 is 2.58 bits per heavy atom. The molecule has 0 bridgehead atoms. The van der Waals surface area contributed by atoms with Crippen LogP contribution >= 0.6 is 0 Å². The molecular formula is C24H34N2O7. The highest BCUT2D eigenvalue weighted by Crippen LogP contribution is 2.31. The van der Waals surface area contributed by atoms with Gasteiger partial charge in [0, 0.05) is 13.7 Å². The van der Waals surface area contributed by atoms with Crippen LogP contribution in [-0.2, 0) is 14.3 Å². The summed E-state index contributed by atoms with van der Waals surface area (Å²) in [7, 11) is 1.18. The van der Waals surface area contributed by atoms with Crippen LogP contribution in [0, 0.1) is 5.41 Å². The molecule has 9 nitrogen and oxygen atoms in total. The molecule has 2 amide bonds. The zero-order valence-corrected chi connectivity index (χ0v) is 19.5. The van der Waals surface area contributed by atoms with Crippen molar-refractivity contribution in [3.63, 3.8) is 0 Å². The summed E-state index contributed by atoms with van der Waals surface area (Å²) < 4.78 is 10.8. The third kappa shape index (κ3) is 6.88. The van der Waals surface area contributed by atoms with Gasteiger partial charge in [-0.2, -0.15) is 0 Å². The van der Waals surface area contributed by atoms with Crippen molar-refractivity contribution in [2.24, 2.45) is 5.41 Å². The van der Waals surface area contributed by atoms with Crippen LogP contribution < -0.4 is 15.0 Å². The van der Waals surface area contributed by atoms with Crippen molar-refractivity contribution in [2.45, 2.75) is 51.2 Å². The maximum Gasteiger partial charge on any atom is 0.253 e. The van der Waals surface area contributed by atoms with E-state index in [0.717, 1.165) is 0 Å². The number of hydrogen-bond donors (Lipinski definition) is 4. The Kier molecular flexibility index (Phi) is 9.18. The Morgan fingerprint density at radius 2 is 1.97 bits per heavy atom. The van der Waals surface area contributed by atoms with E-state index in [1.807, 2.05) is 20.8 Å². The van der Waals surface area contributed by atoms with Gasteiger partial charge in [0.25, 0.3) is 11.8 Å². The highest BCUT2D eigenvalue weighted by atomic mass is 16.5. The van der Waals surface area contributed by atoms with Crippen molar-refractivity contribution in [2.75, 3.05) is 25.2 Å². The molecule has 0 aromatic heterocycles. The van der Waals surface area contributed by atoms with E-state index in [-0.39, 0.29) is 18.6 Å². The number of para-hydroxylation sites is 2. The van der Waals surface area contributed by atoms with Crippen LogP contribution in [0.15, 0.2) is 49.1 Å².